The summed E-state index contributed by atoms with van der Waals surface area (Å²) in [7, 11) is 0. The van der Waals surface area contributed by atoms with E-state index in [0.29, 0.717) is 46.6 Å². The van der Waals surface area contributed by atoms with Crippen molar-refractivity contribution >= 4 is 23.5 Å². The summed E-state index contributed by atoms with van der Waals surface area (Å²) in [5.41, 5.74) is 5.13. The smallest absolute Gasteiger partial charge is 0.232 e. The van der Waals surface area contributed by atoms with Crippen LogP contribution in [0, 0.1) is 13.8 Å². The van der Waals surface area contributed by atoms with Crippen molar-refractivity contribution in [2.75, 3.05) is 6.79 Å². The number of halogens is 1. The molecule has 0 atom stereocenters. The molecule has 2 aliphatic rings. The first-order valence-corrected chi connectivity index (χ1v) is 10.7. The number of allylic oxidation sites excluding steroid dienone is 1. The molecule has 6 heteroatoms. The highest BCUT2D eigenvalue weighted by molar-refractivity contribution is 6.31. The summed E-state index contributed by atoms with van der Waals surface area (Å²) in [6.45, 7) is 4.93. The molecule has 0 fully saturated rings. The Labute approximate surface area is 191 Å². The third-order valence-corrected chi connectivity index (χ3v) is 5.81. The predicted molar refractivity (Wildman–Crippen MR) is 121 cm³/mol. The molecule has 0 spiro atoms. The van der Waals surface area contributed by atoms with Gasteiger partial charge in [-0.2, -0.15) is 0 Å². The second kappa shape index (κ2) is 8.34. The lowest BCUT2D eigenvalue weighted by molar-refractivity contribution is -0.0165. The van der Waals surface area contributed by atoms with Gasteiger partial charge in [-0.3, -0.25) is 4.79 Å². The standard InChI is InChI=1S/C26H21ClO5/c1-15-5-3-4-6-17(15)13-30-21-7-16(2)24-22(11-21)32-23(25(24)28)10-18-8-20(27)9-19-12-29-14-31-26(18)19/h3-11H,12-14H2,1-2H3/b23-10-. The van der Waals surface area contributed by atoms with Crippen molar-refractivity contribution < 1.29 is 23.7 Å². The maximum Gasteiger partial charge on any atom is 0.232 e. The minimum atomic E-state index is -0.177. The molecule has 0 aromatic heterocycles. The van der Waals surface area contributed by atoms with Gasteiger partial charge >= 0.3 is 0 Å². The second-order valence-electron chi connectivity index (χ2n) is 7.86. The zero-order valence-electron chi connectivity index (χ0n) is 17.7. The van der Waals surface area contributed by atoms with Crippen molar-refractivity contribution in [1.82, 2.24) is 0 Å². The molecule has 5 nitrogen and oxygen atoms in total. The lowest BCUT2D eigenvalue weighted by atomic mass is 10.0. The van der Waals surface area contributed by atoms with Crippen LogP contribution in [-0.4, -0.2) is 12.6 Å². The summed E-state index contributed by atoms with van der Waals surface area (Å²) >= 11 is 6.25. The molecule has 0 saturated heterocycles. The summed E-state index contributed by atoms with van der Waals surface area (Å²) in [6, 6.07) is 15.3. The highest BCUT2D eigenvalue weighted by atomic mass is 35.5. The Bertz CT molecular complexity index is 1260. The van der Waals surface area contributed by atoms with E-state index in [1.807, 2.05) is 31.2 Å². The van der Waals surface area contributed by atoms with Crippen molar-refractivity contribution in [3.05, 3.63) is 92.7 Å². The molecule has 0 unspecified atom stereocenters. The van der Waals surface area contributed by atoms with Gasteiger partial charge in [0, 0.05) is 22.2 Å². The Kier molecular flexibility index (Phi) is 5.37. The number of rotatable bonds is 4. The number of Topliss-reactive ketones (excluding diaryl/α,β-unsaturated/α-hetero) is 1. The number of benzene rings is 3. The van der Waals surface area contributed by atoms with Gasteiger partial charge in [0.05, 0.1) is 12.2 Å². The molecule has 0 radical (unpaired) electrons. The summed E-state index contributed by atoms with van der Waals surface area (Å²) in [4.78, 5) is 13.1. The van der Waals surface area contributed by atoms with Crippen molar-refractivity contribution in [3.63, 3.8) is 0 Å². The van der Waals surface area contributed by atoms with Gasteiger partial charge in [0.2, 0.25) is 5.78 Å². The maximum atomic E-state index is 13.1. The van der Waals surface area contributed by atoms with E-state index < -0.39 is 0 Å². The van der Waals surface area contributed by atoms with Gasteiger partial charge in [-0.15, -0.1) is 0 Å². The van der Waals surface area contributed by atoms with Crippen molar-refractivity contribution in [2.24, 2.45) is 0 Å². The summed E-state index contributed by atoms with van der Waals surface area (Å²) in [5, 5.41) is 0.538. The largest absolute Gasteiger partial charge is 0.489 e. The monoisotopic (exact) mass is 448 g/mol. The zero-order valence-corrected chi connectivity index (χ0v) is 18.5. The molecule has 0 amide bonds. The highest BCUT2D eigenvalue weighted by Crippen LogP contribution is 2.39. The van der Waals surface area contributed by atoms with E-state index in [1.54, 1.807) is 24.3 Å². The van der Waals surface area contributed by atoms with Crippen molar-refractivity contribution in [1.29, 1.82) is 0 Å². The zero-order chi connectivity index (χ0) is 22.2. The minimum absolute atomic E-state index is 0.153. The van der Waals surface area contributed by atoms with Crippen LogP contribution in [0.25, 0.3) is 6.08 Å². The third kappa shape index (κ3) is 3.85. The maximum absolute atomic E-state index is 13.1. The van der Waals surface area contributed by atoms with Gasteiger partial charge < -0.3 is 18.9 Å². The van der Waals surface area contributed by atoms with Crippen LogP contribution in [0.2, 0.25) is 5.02 Å². The van der Waals surface area contributed by atoms with Crippen LogP contribution < -0.4 is 14.2 Å². The van der Waals surface area contributed by atoms with Gasteiger partial charge in [-0.05, 0) is 54.8 Å². The predicted octanol–water partition coefficient (Wildman–Crippen LogP) is 6.02. The van der Waals surface area contributed by atoms with Crippen LogP contribution in [-0.2, 0) is 18.0 Å². The van der Waals surface area contributed by atoms with Gasteiger partial charge in [0.15, 0.2) is 12.6 Å². The normalized spacial score (nSPS) is 15.7. The minimum Gasteiger partial charge on any atom is -0.489 e. The average Bonchev–Trinajstić information content (AvgIpc) is 3.08. The number of carbonyl (C=O) groups excluding carboxylic acids is 1. The Hall–Kier alpha value is -3.28. The fourth-order valence-electron chi connectivity index (χ4n) is 3.95. The number of aryl methyl sites for hydroxylation is 2. The van der Waals surface area contributed by atoms with E-state index in [1.165, 1.54) is 5.56 Å². The molecule has 5 rings (SSSR count). The first-order valence-electron chi connectivity index (χ1n) is 10.3. The molecule has 0 bridgehead atoms. The summed E-state index contributed by atoms with van der Waals surface area (Å²) in [6.07, 6.45) is 1.67. The molecule has 32 heavy (non-hydrogen) atoms. The fraction of sp³-hybridized carbons (Fsp3) is 0.192. The Morgan fingerprint density at radius 3 is 2.78 bits per heavy atom. The molecular formula is C26H21ClO5. The van der Waals surface area contributed by atoms with Crippen LogP contribution in [0.4, 0.5) is 0 Å². The number of fused-ring (bicyclic) bond motifs is 2. The lowest BCUT2D eigenvalue weighted by Gasteiger charge is -2.20. The molecule has 0 saturated carbocycles. The van der Waals surface area contributed by atoms with Crippen LogP contribution in [0.15, 0.2) is 54.3 Å². The highest BCUT2D eigenvalue weighted by Gasteiger charge is 2.31. The van der Waals surface area contributed by atoms with E-state index in [-0.39, 0.29) is 18.3 Å². The first-order chi connectivity index (χ1) is 15.5. The van der Waals surface area contributed by atoms with E-state index in [0.717, 1.165) is 16.7 Å². The quantitative estimate of drug-likeness (QED) is 0.457. The second-order valence-corrected chi connectivity index (χ2v) is 8.30. The molecule has 0 N–H and O–H groups in total. The molecule has 3 aromatic rings. The van der Waals surface area contributed by atoms with E-state index in [2.05, 4.69) is 13.0 Å². The Morgan fingerprint density at radius 2 is 1.94 bits per heavy atom. The number of hydrogen-bond acceptors (Lipinski definition) is 5. The molecular weight excluding hydrogens is 428 g/mol. The Balaban J connectivity index is 1.43. The number of carbonyl (C=O) groups is 1. The Morgan fingerprint density at radius 1 is 1.09 bits per heavy atom. The van der Waals surface area contributed by atoms with Crippen molar-refractivity contribution in [2.45, 2.75) is 27.1 Å². The molecule has 2 aliphatic heterocycles. The SMILES string of the molecule is Cc1ccccc1COc1cc(C)c2c(c1)O/C(=C\c1cc(Cl)cc3c1OCOC3)C2=O. The molecule has 0 aliphatic carbocycles. The lowest BCUT2D eigenvalue weighted by Crippen LogP contribution is -2.12. The van der Waals surface area contributed by atoms with Crippen LogP contribution in [0.3, 0.4) is 0 Å². The summed E-state index contributed by atoms with van der Waals surface area (Å²) < 4.78 is 22.9. The first kappa shape index (κ1) is 20.6. The van der Waals surface area contributed by atoms with E-state index in [9.17, 15) is 4.79 Å². The van der Waals surface area contributed by atoms with Gasteiger partial charge in [-0.1, -0.05) is 35.9 Å². The van der Waals surface area contributed by atoms with Crippen LogP contribution >= 0.6 is 11.6 Å². The van der Waals surface area contributed by atoms with Crippen molar-refractivity contribution in [3.8, 4) is 17.2 Å². The van der Waals surface area contributed by atoms with Gasteiger partial charge in [0.25, 0.3) is 0 Å². The summed E-state index contributed by atoms with van der Waals surface area (Å²) in [5.74, 6) is 1.84. The molecule has 3 aromatic carbocycles. The van der Waals surface area contributed by atoms with Crippen LogP contribution in [0.1, 0.15) is 38.2 Å². The van der Waals surface area contributed by atoms with Gasteiger partial charge in [-0.25, -0.2) is 0 Å². The van der Waals surface area contributed by atoms with E-state index >= 15 is 0 Å². The number of ketones is 1. The average molecular weight is 449 g/mol. The van der Waals surface area contributed by atoms with Gasteiger partial charge in [0.1, 0.15) is 23.9 Å². The van der Waals surface area contributed by atoms with E-state index in [4.69, 9.17) is 30.5 Å². The number of ether oxygens (including phenoxy) is 4. The molecule has 162 valence electrons. The molecule has 2 heterocycles. The fourth-order valence-corrected chi connectivity index (χ4v) is 4.20. The van der Waals surface area contributed by atoms with Crippen LogP contribution in [0.5, 0.6) is 17.2 Å². The number of hydrogen-bond donors (Lipinski definition) is 0. The third-order valence-electron chi connectivity index (χ3n) is 5.59. The topological polar surface area (TPSA) is 54.0 Å².